The number of rotatable bonds is 12. The Kier molecular flexibility index (Phi) is 10.3. The summed E-state index contributed by atoms with van der Waals surface area (Å²) in [6, 6.07) is 7.49. The zero-order valence-corrected chi connectivity index (χ0v) is 16.7. The van der Waals surface area contributed by atoms with Crippen LogP contribution in [0.5, 0.6) is 0 Å². The molecule has 2 unspecified atom stereocenters. The molecule has 0 aliphatic heterocycles. The Morgan fingerprint density at radius 2 is 1.96 bits per heavy atom. The van der Waals surface area contributed by atoms with E-state index in [-0.39, 0.29) is 36.9 Å². The van der Waals surface area contributed by atoms with Gasteiger partial charge in [0.25, 0.3) is 0 Å². The fourth-order valence-corrected chi connectivity index (χ4v) is 3.53. The van der Waals surface area contributed by atoms with Crippen molar-refractivity contribution in [3.05, 3.63) is 42.0 Å². The predicted octanol–water partition coefficient (Wildman–Crippen LogP) is 2.51. The molecule has 0 saturated carbocycles. The van der Waals surface area contributed by atoms with E-state index >= 15 is 0 Å². The topological polar surface area (TPSA) is 98.5 Å². The molecular formula is C20H28N2O4S. The number of carbonyl (C=O) groups is 3. The lowest BCUT2D eigenvalue weighted by Crippen LogP contribution is -2.36. The third-order valence-corrected chi connectivity index (χ3v) is 5.01. The summed E-state index contributed by atoms with van der Waals surface area (Å²) in [5, 5.41) is 2.74. The Morgan fingerprint density at radius 3 is 2.52 bits per heavy atom. The molecule has 7 heteroatoms. The number of carbonyl (C=O) groups excluding carboxylic acids is 3. The summed E-state index contributed by atoms with van der Waals surface area (Å²) in [5.41, 5.74) is 7.36. The highest BCUT2D eigenvalue weighted by atomic mass is 32.2. The molecule has 27 heavy (non-hydrogen) atoms. The van der Waals surface area contributed by atoms with Gasteiger partial charge in [-0.1, -0.05) is 36.9 Å². The van der Waals surface area contributed by atoms with Crippen molar-refractivity contribution in [3.8, 4) is 0 Å². The molecule has 1 rings (SSSR count). The minimum Gasteiger partial charge on any atom is -0.461 e. The zero-order chi connectivity index (χ0) is 20.2. The van der Waals surface area contributed by atoms with Gasteiger partial charge >= 0.3 is 5.97 Å². The minimum atomic E-state index is -0.398. The predicted molar refractivity (Wildman–Crippen MR) is 109 cm³/mol. The molecule has 0 saturated heterocycles. The largest absolute Gasteiger partial charge is 0.461 e. The quantitative estimate of drug-likeness (QED) is 0.421. The third kappa shape index (κ3) is 9.84. The number of esters is 1. The van der Waals surface area contributed by atoms with E-state index in [1.807, 2.05) is 31.2 Å². The first-order valence-electron chi connectivity index (χ1n) is 8.83. The molecule has 2 amide bonds. The Hall–Kier alpha value is -2.28. The van der Waals surface area contributed by atoms with Crippen LogP contribution >= 0.6 is 11.8 Å². The van der Waals surface area contributed by atoms with Crippen LogP contribution < -0.4 is 11.1 Å². The molecule has 0 aliphatic rings. The van der Waals surface area contributed by atoms with Crippen molar-refractivity contribution >= 4 is 35.6 Å². The summed E-state index contributed by atoms with van der Waals surface area (Å²) in [6.07, 6.45) is 2.50. The van der Waals surface area contributed by atoms with Crippen molar-refractivity contribution in [2.75, 3.05) is 11.5 Å². The van der Waals surface area contributed by atoms with Crippen LogP contribution in [-0.2, 0) is 25.7 Å². The van der Waals surface area contributed by atoms with Gasteiger partial charge < -0.3 is 15.8 Å². The van der Waals surface area contributed by atoms with Crippen LogP contribution in [0.25, 0.3) is 6.08 Å². The lowest BCUT2D eigenvalue weighted by Gasteiger charge is -2.18. The molecule has 0 fully saturated rings. The lowest BCUT2D eigenvalue weighted by atomic mass is 10.0. The van der Waals surface area contributed by atoms with E-state index in [0.717, 1.165) is 11.1 Å². The van der Waals surface area contributed by atoms with Crippen LogP contribution in [0.15, 0.2) is 30.8 Å². The number of thioether (sulfide) groups is 1. The van der Waals surface area contributed by atoms with Crippen LogP contribution in [0.1, 0.15) is 37.8 Å². The first-order valence-corrected chi connectivity index (χ1v) is 9.98. The number of nitrogens with one attached hydrogen (secondary N) is 1. The molecule has 1 aromatic carbocycles. The molecule has 0 aromatic heterocycles. The van der Waals surface area contributed by atoms with Gasteiger partial charge in [0.05, 0.1) is 6.42 Å². The monoisotopic (exact) mass is 392 g/mol. The summed E-state index contributed by atoms with van der Waals surface area (Å²) in [4.78, 5) is 34.4. The summed E-state index contributed by atoms with van der Waals surface area (Å²) in [7, 11) is 0. The number of nitrogens with two attached hydrogens (primary N) is 1. The number of amides is 2. The molecule has 148 valence electrons. The van der Waals surface area contributed by atoms with Crippen LogP contribution in [0.4, 0.5) is 0 Å². The summed E-state index contributed by atoms with van der Waals surface area (Å²) in [6.45, 7) is 7.20. The molecule has 1 aromatic rings. The molecule has 3 N–H and O–H groups in total. The average Bonchev–Trinajstić information content (AvgIpc) is 2.62. The van der Waals surface area contributed by atoms with Gasteiger partial charge in [0.2, 0.25) is 11.8 Å². The van der Waals surface area contributed by atoms with E-state index in [9.17, 15) is 14.4 Å². The molecule has 0 spiro atoms. The second kappa shape index (κ2) is 12.2. The molecular weight excluding hydrogens is 364 g/mol. The van der Waals surface area contributed by atoms with E-state index < -0.39 is 5.91 Å². The maximum Gasteiger partial charge on any atom is 0.306 e. The van der Waals surface area contributed by atoms with Crippen LogP contribution in [-0.4, -0.2) is 35.3 Å². The lowest BCUT2D eigenvalue weighted by molar-refractivity contribution is -0.144. The van der Waals surface area contributed by atoms with Crippen molar-refractivity contribution in [1.82, 2.24) is 5.32 Å². The highest BCUT2D eigenvalue weighted by molar-refractivity contribution is 7.99. The van der Waals surface area contributed by atoms with Crippen LogP contribution in [0.3, 0.4) is 0 Å². The van der Waals surface area contributed by atoms with Gasteiger partial charge in [-0.15, -0.1) is 0 Å². The van der Waals surface area contributed by atoms with Gasteiger partial charge in [-0.05, 0) is 24.5 Å². The van der Waals surface area contributed by atoms with Gasteiger partial charge in [0, 0.05) is 30.4 Å². The van der Waals surface area contributed by atoms with E-state index in [4.69, 9.17) is 10.5 Å². The third-order valence-electron chi connectivity index (χ3n) is 3.87. The number of hydrogen-bond acceptors (Lipinski definition) is 5. The van der Waals surface area contributed by atoms with E-state index in [2.05, 4.69) is 11.9 Å². The average molecular weight is 393 g/mol. The SMILES string of the molecule is C=Cc1ccc(COC(=O)CCSCC(CC(C)NC(C)=O)C(N)=O)cc1. The summed E-state index contributed by atoms with van der Waals surface area (Å²) >= 11 is 1.48. The van der Waals surface area contributed by atoms with Gasteiger partial charge in [0.15, 0.2) is 0 Å². The molecule has 2 atom stereocenters. The maximum atomic E-state index is 11.8. The second-order valence-electron chi connectivity index (χ2n) is 6.37. The first kappa shape index (κ1) is 22.8. The number of primary amides is 1. The Balaban J connectivity index is 2.27. The zero-order valence-electron chi connectivity index (χ0n) is 15.9. The summed E-state index contributed by atoms with van der Waals surface area (Å²) in [5.74, 6) is -0.110. The number of hydrogen-bond donors (Lipinski definition) is 2. The van der Waals surface area contributed by atoms with Gasteiger partial charge in [-0.2, -0.15) is 11.8 Å². The maximum absolute atomic E-state index is 11.8. The molecule has 0 aliphatic carbocycles. The Morgan fingerprint density at radius 1 is 1.30 bits per heavy atom. The van der Waals surface area contributed by atoms with Crippen molar-refractivity contribution in [2.24, 2.45) is 11.7 Å². The van der Waals surface area contributed by atoms with Crippen molar-refractivity contribution in [1.29, 1.82) is 0 Å². The molecule has 0 heterocycles. The normalized spacial score (nSPS) is 12.7. The smallest absolute Gasteiger partial charge is 0.306 e. The molecule has 0 bridgehead atoms. The minimum absolute atomic E-state index is 0.127. The van der Waals surface area contributed by atoms with E-state index in [1.54, 1.807) is 6.08 Å². The fourth-order valence-electron chi connectivity index (χ4n) is 2.47. The van der Waals surface area contributed by atoms with Crippen molar-refractivity contribution in [2.45, 2.75) is 39.3 Å². The summed E-state index contributed by atoms with van der Waals surface area (Å²) < 4.78 is 5.25. The van der Waals surface area contributed by atoms with Gasteiger partial charge in [-0.25, -0.2) is 0 Å². The van der Waals surface area contributed by atoms with Gasteiger partial charge in [0.1, 0.15) is 6.61 Å². The standard InChI is InChI=1S/C20H28N2O4S/c1-4-16-5-7-17(8-6-16)12-26-19(24)9-10-27-13-18(20(21)25)11-14(2)22-15(3)23/h4-8,14,18H,1,9-13H2,2-3H3,(H2,21,25)(H,22,23). The first-order chi connectivity index (χ1) is 12.8. The number of ether oxygens (including phenoxy) is 1. The fraction of sp³-hybridized carbons (Fsp3) is 0.450. The van der Waals surface area contributed by atoms with E-state index in [1.165, 1.54) is 18.7 Å². The van der Waals surface area contributed by atoms with Crippen molar-refractivity contribution < 1.29 is 19.1 Å². The van der Waals surface area contributed by atoms with E-state index in [0.29, 0.717) is 17.9 Å². The van der Waals surface area contributed by atoms with Crippen LogP contribution in [0, 0.1) is 5.92 Å². The Bertz CT molecular complexity index is 646. The highest BCUT2D eigenvalue weighted by Crippen LogP contribution is 2.16. The highest BCUT2D eigenvalue weighted by Gasteiger charge is 2.19. The second-order valence-corrected chi connectivity index (χ2v) is 7.52. The van der Waals surface area contributed by atoms with Crippen LogP contribution in [0.2, 0.25) is 0 Å². The number of benzene rings is 1. The Labute approximate surface area is 164 Å². The van der Waals surface area contributed by atoms with Gasteiger partial charge in [-0.3, -0.25) is 14.4 Å². The molecule has 0 radical (unpaired) electrons. The molecule has 6 nitrogen and oxygen atoms in total. The van der Waals surface area contributed by atoms with Crippen molar-refractivity contribution in [3.63, 3.8) is 0 Å².